The smallest absolute Gasteiger partial charge is 0.417 e. The van der Waals surface area contributed by atoms with Crippen molar-refractivity contribution in [2.24, 2.45) is 0 Å². The Kier molecular flexibility index (Phi) is 6.10. The Balaban J connectivity index is 2.37. The molecule has 0 atom stereocenters. The number of hydrogen-bond donors (Lipinski definition) is 0. The maximum atomic E-state index is 14.0. The number of aryl methyl sites for hydroxylation is 1. The minimum Gasteiger partial charge on any atom is -0.443 e. The van der Waals surface area contributed by atoms with Crippen LogP contribution >= 0.6 is 0 Å². The molecule has 0 radical (unpaired) electrons. The fourth-order valence-corrected chi connectivity index (χ4v) is 3.28. The minimum atomic E-state index is -0.850. The molecule has 0 N–H and O–H groups in total. The summed E-state index contributed by atoms with van der Waals surface area (Å²) in [6.07, 6.45) is -0.169. The number of aromatic nitrogens is 2. The van der Waals surface area contributed by atoms with E-state index in [-0.39, 0.29) is 18.2 Å². The van der Waals surface area contributed by atoms with E-state index < -0.39 is 28.9 Å². The molecule has 0 aliphatic rings. The zero-order valence-corrected chi connectivity index (χ0v) is 18.2. The van der Waals surface area contributed by atoms with Crippen molar-refractivity contribution in [2.45, 2.75) is 46.6 Å². The topological polar surface area (TPSA) is 64.4 Å². The number of benzene rings is 2. The molecule has 0 aliphatic carbocycles. The molecule has 0 saturated carbocycles. The summed E-state index contributed by atoms with van der Waals surface area (Å²) >= 11 is 0. The van der Waals surface area contributed by atoms with Gasteiger partial charge in [0.25, 0.3) is 5.56 Å². The normalized spacial score (nSPS) is 11.6. The van der Waals surface area contributed by atoms with Gasteiger partial charge in [-0.3, -0.25) is 4.79 Å². The molecule has 0 fully saturated rings. The SMILES string of the molecule is CCCN(C(=O)OC(C)(C)C)c1nc2cccc(C)c2c(=O)n1-c1cc(F)cc(F)c1. The van der Waals surface area contributed by atoms with Crippen LogP contribution in [0.2, 0.25) is 0 Å². The first-order valence-corrected chi connectivity index (χ1v) is 10.0. The van der Waals surface area contributed by atoms with Crippen LogP contribution in [0.4, 0.5) is 19.5 Å². The highest BCUT2D eigenvalue weighted by molar-refractivity contribution is 5.89. The van der Waals surface area contributed by atoms with E-state index in [1.165, 1.54) is 4.90 Å². The predicted molar refractivity (Wildman–Crippen MR) is 116 cm³/mol. The van der Waals surface area contributed by atoms with E-state index in [9.17, 15) is 18.4 Å². The average Bonchev–Trinajstić information content (AvgIpc) is 2.63. The van der Waals surface area contributed by atoms with Crippen LogP contribution in [0.5, 0.6) is 0 Å². The highest BCUT2D eigenvalue weighted by Crippen LogP contribution is 2.24. The summed E-state index contributed by atoms with van der Waals surface area (Å²) in [5, 5.41) is 0.302. The van der Waals surface area contributed by atoms with Crippen molar-refractivity contribution in [3.63, 3.8) is 0 Å². The molecule has 31 heavy (non-hydrogen) atoms. The Morgan fingerprint density at radius 3 is 2.39 bits per heavy atom. The van der Waals surface area contributed by atoms with E-state index >= 15 is 0 Å². The number of rotatable bonds is 4. The van der Waals surface area contributed by atoms with E-state index in [0.29, 0.717) is 29.0 Å². The van der Waals surface area contributed by atoms with Crippen molar-refractivity contribution in [2.75, 3.05) is 11.4 Å². The van der Waals surface area contributed by atoms with Crippen molar-refractivity contribution >= 4 is 22.9 Å². The van der Waals surface area contributed by atoms with Crippen molar-refractivity contribution in [1.82, 2.24) is 9.55 Å². The molecule has 3 aromatic rings. The Hall–Kier alpha value is -3.29. The Labute approximate surface area is 179 Å². The molecular weight excluding hydrogens is 404 g/mol. The fraction of sp³-hybridized carbons (Fsp3) is 0.348. The number of nitrogens with zero attached hydrogens (tertiary/aromatic N) is 3. The third-order valence-corrected chi connectivity index (χ3v) is 4.50. The Morgan fingerprint density at radius 2 is 1.81 bits per heavy atom. The van der Waals surface area contributed by atoms with Gasteiger partial charge in [-0.05, 0) is 57.9 Å². The number of hydrogen-bond acceptors (Lipinski definition) is 4. The van der Waals surface area contributed by atoms with Crippen molar-refractivity contribution in [3.8, 4) is 5.69 Å². The summed E-state index contributed by atoms with van der Waals surface area (Å²) in [6.45, 7) is 8.96. The zero-order chi connectivity index (χ0) is 22.9. The third kappa shape index (κ3) is 4.73. The van der Waals surface area contributed by atoms with Gasteiger partial charge in [0, 0.05) is 12.6 Å². The van der Waals surface area contributed by atoms with Crippen LogP contribution in [0.3, 0.4) is 0 Å². The van der Waals surface area contributed by atoms with Crippen molar-refractivity contribution in [3.05, 3.63) is 63.9 Å². The van der Waals surface area contributed by atoms with Crippen molar-refractivity contribution in [1.29, 1.82) is 0 Å². The summed E-state index contributed by atoms with van der Waals surface area (Å²) in [5.41, 5.74) is -0.357. The molecule has 1 aromatic heterocycles. The van der Waals surface area contributed by atoms with Gasteiger partial charge in [-0.1, -0.05) is 19.1 Å². The lowest BCUT2D eigenvalue weighted by molar-refractivity contribution is 0.0577. The van der Waals surface area contributed by atoms with Gasteiger partial charge < -0.3 is 4.74 Å². The predicted octanol–water partition coefficient (Wildman–Crippen LogP) is 5.12. The molecule has 3 rings (SSSR count). The second-order valence-electron chi connectivity index (χ2n) is 8.28. The molecule has 1 amide bonds. The maximum absolute atomic E-state index is 14.0. The number of halogens is 2. The first kappa shape index (κ1) is 22.4. The first-order chi connectivity index (χ1) is 14.5. The van der Waals surface area contributed by atoms with Gasteiger partial charge in [0.05, 0.1) is 16.6 Å². The average molecular weight is 429 g/mol. The molecule has 0 spiro atoms. The number of fused-ring (bicyclic) bond motifs is 1. The van der Waals surface area contributed by atoms with Crippen molar-refractivity contribution < 1.29 is 18.3 Å². The summed E-state index contributed by atoms with van der Waals surface area (Å²) in [4.78, 5) is 32.3. The van der Waals surface area contributed by atoms with E-state index in [1.807, 2.05) is 6.92 Å². The molecule has 1 heterocycles. The number of ether oxygens (including phenoxy) is 1. The van der Waals surface area contributed by atoms with E-state index in [0.717, 1.165) is 16.7 Å². The molecule has 2 aromatic carbocycles. The zero-order valence-electron chi connectivity index (χ0n) is 18.2. The summed E-state index contributed by atoms with van der Waals surface area (Å²) in [5.74, 6) is -1.77. The van der Waals surface area contributed by atoms with E-state index in [1.54, 1.807) is 45.9 Å². The Bertz CT molecular complexity index is 1180. The third-order valence-electron chi connectivity index (χ3n) is 4.50. The summed E-state index contributed by atoms with van der Waals surface area (Å²) in [7, 11) is 0. The van der Waals surface area contributed by atoms with Gasteiger partial charge in [-0.2, -0.15) is 0 Å². The molecule has 0 bridgehead atoms. The highest BCUT2D eigenvalue weighted by Gasteiger charge is 2.28. The molecule has 6 nitrogen and oxygen atoms in total. The Morgan fingerprint density at radius 1 is 1.16 bits per heavy atom. The molecule has 0 aliphatic heterocycles. The molecule has 0 unspecified atom stereocenters. The lowest BCUT2D eigenvalue weighted by Crippen LogP contribution is -2.41. The van der Waals surface area contributed by atoms with E-state index in [2.05, 4.69) is 4.98 Å². The van der Waals surface area contributed by atoms with Crippen LogP contribution in [-0.4, -0.2) is 27.8 Å². The number of carbonyl (C=O) groups excluding carboxylic acids is 1. The maximum Gasteiger partial charge on any atom is 0.417 e. The second-order valence-corrected chi connectivity index (χ2v) is 8.28. The number of carbonyl (C=O) groups is 1. The largest absolute Gasteiger partial charge is 0.443 e. The highest BCUT2D eigenvalue weighted by atomic mass is 19.1. The van der Waals surface area contributed by atoms with Gasteiger partial charge in [-0.25, -0.2) is 28.0 Å². The van der Waals surface area contributed by atoms with Crippen LogP contribution in [-0.2, 0) is 4.74 Å². The lowest BCUT2D eigenvalue weighted by atomic mass is 10.1. The molecule has 8 heteroatoms. The second kappa shape index (κ2) is 8.45. The standard InChI is InChI=1S/C23H25F2N3O3/c1-6-10-27(22(30)31-23(3,4)5)21-26-18-9-7-8-14(2)19(18)20(29)28(21)17-12-15(24)11-16(25)13-17/h7-9,11-13H,6,10H2,1-5H3. The summed E-state index contributed by atoms with van der Waals surface area (Å²) in [6, 6.07) is 7.92. The first-order valence-electron chi connectivity index (χ1n) is 10.0. The molecule has 164 valence electrons. The van der Waals surface area contributed by atoms with Crippen LogP contribution < -0.4 is 10.5 Å². The molecule has 0 saturated heterocycles. The molecular formula is C23H25F2N3O3. The van der Waals surface area contributed by atoms with Crippen LogP contribution in [0, 0.1) is 18.6 Å². The van der Waals surface area contributed by atoms with Gasteiger partial charge in [0.1, 0.15) is 17.2 Å². The quantitative estimate of drug-likeness (QED) is 0.577. The van der Waals surface area contributed by atoms with Gasteiger partial charge in [-0.15, -0.1) is 0 Å². The summed E-state index contributed by atoms with van der Waals surface area (Å²) < 4.78 is 34.6. The lowest BCUT2D eigenvalue weighted by Gasteiger charge is -2.28. The van der Waals surface area contributed by atoms with Gasteiger partial charge in [0.15, 0.2) is 0 Å². The van der Waals surface area contributed by atoms with E-state index in [4.69, 9.17) is 4.74 Å². The number of amides is 1. The van der Waals surface area contributed by atoms with Crippen LogP contribution in [0.15, 0.2) is 41.2 Å². The van der Waals surface area contributed by atoms with Gasteiger partial charge >= 0.3 is 6.09 Å². The van der Waals surface area contributed by atoms with Gasteiger partial charge in [0.2, 0.25) is 5.95 Å². The van der Waals surface area contributed by atoms with Crippen LogP contribution in [0.25, 0.3) is 16.6 Å². The monoisotopic (exact) mass is 429 g/mol. The minimum absolute atomic E-state index is 0.0656. The number of anilines is 1. The fourth-order valence-electron chi connectivity index (χ4n) is 3.28. The van der Waals surface area contributed by atoms with Crippen LogP contribution in [0.1, 0.15) is 39.7 Å².